The van der Waals surface area contributed by atoms with Crippen molar-refractivity contribution in [2.45, 2.75) is 38.6 Å². The summed E-state index contributed by atoms with van der Waals surface area (Å²) in [4.78, 5) is 20.4. The zero-order chi connectivity index (χ0) is 13.9. The maximum absolute atomic E-state index is 12.4. The summed E-state index contributed by atoms with van der Waals surface area (Å²) < 4.78 is 0. The molecule has 0 spiro atoms. The quantitative estimate of drug-likeness (QED) is 0.883. The molecule has 106 valence electrons. The summed E-state index contributed by atoms with van der Waals surface area (Å²) in [6.45, 7) is 0.460. The first-order valence-corrected chi connectivity index (χ1v) is 7.77. The number of carbonyl (C=O) groups excluding carboxylic acids is 1. The van der Waals surface area contributed by atoms with E-state index in [1.807, 2.05) is 0 Å². The number of fused-ring (bicyclic) bond motifs is 1. The molecular formula is C14H18N4OS. The molecule has 1 amide bonds. The van der Waals surface area contributed by atoms with Crippen LogP contribution in [0.2, 0.25) is 0 Å². The van der Waals surface area contributed by atoms with Crippen LogP contribution in [0.4, 0.5) is 0 Å². The molecule has 1 aliphatic carbocycles. The Labute approximate surface area is 122 Å². The number of rotatable bonds is 3. The molecule has 0 aromatic carbocycles. The lowest BCUT2D eigenvalue weighted by Crippen LogP contribution is -2.26. The highest BCUT2D eigenvalue weighted by atomic mass is 32.1. The smallest absolute Gasteiger partial charge is 0.264 e. The van der Waals surface area contributed by atoms with Gasteiger partial charge in [0.15, 0.2) is 0 Å². The second-order valence-corrected chi connectivity index (χ2v) is 6.35. The number of hydrogen-bond acceptors (Lipinski definition) is 4. The molecule has 0 saturated heterocycles. The highest BCUT2D eigenvalue weighted by Crippen LogP contribution is 2.29. The third kappa shape index (κ3) is 2.75. The minimum Gasteiger partial charge on any atom is -0.333 e. The van der Waals surface area contributed by atoms with Crippen LogP contribution in [0, 0.1) is 0 Å². The second kappa shape index (κ2) is 5.75. The Hall–Kier alpha value is -1.69. The number of nitrogens with zero attached hydrogens (tertiary/aromatic N) is 3. The number of carbonyl (C=O) groups is 1. The maximum atomic E-state index is 12.4. The number of aryl methyl sites for hydroxylation is 2. The summed E-state index contributed by atoms with van der Waals surface area (Å²) in [5.41, 5.74) is 1.38. The summed E-state index contributed by atoms with van der Waals surface area (Å²) in [5, 5.41) is 6.58. The highest BCUT2D eigenvalue weighted by molar-refractivity contribution is 7.14. The van der Waals surface area contributed by atoms with Crippen LogP contribution in [0.3, 0.4) is 0 Å². The van der Waals surface area contributed by atoms with Crippen LogP contribution in [0.1, 0.15) is 45.2 Å². The van der Waals surface area contributed by atoms with E-state index in [0.717, 1.165) is 17.7 Å². The Morgan fingerprint density at radius 2 is 2.25 bits per heavy atom. The van der Waals surface area contributed by atoms with Gasteiger partial charge in [-0.3, -0.25) is 9.89 Å². The summed E-state index contributed by atoms with van der Waals surface area (Å²) in [7, 11) is 1.80. The molecule has 0 atom stereocenters. The largest absolute Gasteiger partial charge is 0.333 e. The van der Waals surface area contributed by atoms with Gasteiger partial charge in [0.2, 0.25) is 0 Å². The van der Waals surface area contributed by atoms with Crippen molar-refractivity contribution >= 4 is 17.2 Å². The summed E-state index contributed by atoms with van der Waals surface area (Å²) >= 11 is 1.66. The Morgan fingerprint density at radius 3 is 3.05 bits per heavy atom. The molecule has 0 saturated carbocycles. The van der Waals surface area contributed by atoms with Gasteiger partial charge in [-0.25, -0.2) is 4.98 Å². The molecule has 2 heterocycles. The van der Waals surface area contributed by atoms with Gasteiger partial charge >= 0.3 is 0 Å². The van der Waals surface area contributed by atoms with Crippen LogP contribution in [-0.4, -0.2) is 33.0 Å². The minimum absolute atomic E-state index is 0.0690. The van der Waals surface area contributed by atoms with Crippen LogP contribution >= 0.6 is 11.3 Å². The number of hydrogen-bond donors (Lipinski definition) is 1. The number of aromatic amines is 1. The van der Waals surface area contributed by atoms with Crippen LogP contribution in [0.25, 0.3) is 0 Å². The fraction of sp³-hybridized carbons (Fsp3) is 0.500. The Balaban J connectivity index is 1.73. The third-order valence-corrected chi connectivity index (χ3v) is 4.88. The summed E-state index contributed by atoms with van der Waals surface area (Å²) in [6.07, 6.45) is 7.49. The monoisotopic (exact) mass is 290 g/mol. The number of amides is 1. The average molecular weight is 290 g/mol. The van der Waals surface area contributed by atoms with Gasteiger partial charge in [0.05, 0.1) is 11.4 Å². The Kier molecular flexibility index (Phi) is 3.82. The van der Waals surface area contributed by atoms with Crippen molar-refractivity contribution in [1.82, 2.24) is 20.1 Å². The van der Waals surface area contributed by atoms with E-state index in [9.17, 15) is 4.79 Å². The first kappa shape index (κ1) is 13.3. The lowest BCUT2D eigenvalue weighted by Gasteiger charge is -2.14. The topological polar surface area (TPSA) is 61.9 Å². The Morgan fingerprint density at radius 1 is 1.40 bits per heavy atom. The first-order valence-electron chi connectivity index (χ1n) is 6.95. The van der Waals surface area contributed by atoms with Crippen LogP contribution in [-0.2, 0) is 19.4 Å². The number of H-pyrrole nitrogens is 1. The molecule has 2 aromatic rings. The fourth-order valence-corrected chi connectivity index (χ4v) is 3.81. The number of thiophene rings is 1. The average Bonchev–Trinajstić information content (AvgIpc) is 3.04. The van der Waals surface area contributed by atoms with Crippen molar-refractivity contribution < 1.29 is 4.79 Å². The van der Waals surface area contributed by atoms with Gasteiger partial charge in [-0.2, -0.15) is 5.10 Å². The normalized spacial score (nSPS) is 14.7. The van der Waals surface area contributed by atoms with Gasteiger partial charge in [-0.05, 0) is 37.3 Å². The number of aromatic nitrogens is 3. The van der Waals surface area contributed by atoms with Gasteiger partial charge in [-0.1, -0.05) is 6.42 Å². The lowest BCUT2D eigenvalue weighted by molar-refractivity contribution is 0.0786. The zero-order valence-electron chi connectivity index (χ0n) is 11.6. The molecule has 1 N–H and O–H groups in total. The van der Waals surface area contributed by atoms with Gasteiger partial charge < -0.3 is 4.90 Å². The molecule has 6 heteroatoms. The molecule has 2 aromatic heterocycles. The van der Waals surface area contributed by atoms with E-state index in [0.29, 0.717) is 12.4 Å². The second-order valence-electron chi connectivity index (χ2n) is 5.21. The first-order chi connectivity index (χ1) is 9.74. The van der Waals surface area contributed by atoms with E-state index in [-0.39, 0.29) is 5.91 Å². The minimum atomic E-state index is 0.0690. The molecule has 1 aliphatic rings. The predicted octanol–water partition coefficient (Wildman–Crippen LogP) is 2.41. The molecule has 0 aliphatic heterocycles. The molecule has 0 fully saturated rings. The van der Waals surface area contributed by atoms with Crippen molar-refractivity contribution in [2.24, 2.45) is 0 Å². The Bertz CT molecular complexity index is 567. The maximum Gasteiger partial charge on any atom is 0.264 e. The van der Waals surface area contributed by atoms with Gasteiger partial charge in [0.1, 0.15) is 12.2 Å². The molecular weight excluding hydrogens is 272 g/mol. The lowest BCUT2D eigenvalue weighted by atomic mass is 10.1. The van der Waals surface area contributed by atoms with Crippen molar-refractivity contribution in [2.75, 3.05) is 7.05 Å². The van der Waals surface area contributed by atoms with E-state index in [1.54, 1.807) is 23.3 Å². The van der Waals surface area contributed by atoms with Crippen LogP contribution in [0.5, 0.6) is 0 Å². The van der Waals surface area contributed by atoms with E-state index in [1.165, 1.54) is 36.0 Å². The van der Waals surface area contributed by atoms with Crippen molar-refractivity contribution in [3.05, 3.63) is 33.5 Å². The molecule has 0 unspecified atom stereocenters. The van der Waals surface area contributed by atoms with Crippen LogP contribution in [0.15, 0.2) is 12.4 Å². The number of nitrogens with one attached hydrogen (secondary N) is 1. The standard InChI is InChI=1S/C14H18N4OS/c1-18(8-13-15-9-16-17-13)14(19)12-7-10-5-3-2-4-6-11(10)20-12/h7,9H,2-6,8H2,1H3,(H,15,16,17). The highest BCUT2D eigenvalue weighted by Gasteiger charge is 2.19. The van der Waals surface area contributed by atoms with E-state index < -0.39 is 0 Å². The van der Waals surface area contributed by atoms with Gasteiger partial charge in [0.25, 0.3) is 5.91 Å². The molecule has 3 rings (SSSR count). The van der Waals surface area contributed by atoms with E-state index >= 15 is 0 Å². The SMILES string of the molecule is CN(Cc1ncn[nH]1)C(=O)c1cc2c(s1)CCCCC2. The van der Waals surface area contributed by atoms with Gasteiger partial charge in [0, 0.05) is 11.9 Å². The van der Waals surface area contributed by atoms with Crippen molar-refractivity contribution in [1.29, 1.82) is 0 Å². The summed E-state index contributed by atoms with van der Waals surface area (Å²) in [6, 6.07) is 2.09. The molecule has 20 heavy (non-hydrogen) atoms. The van der Waals surface area contributed by atoms with E-state index in [4.69, 9.17) is 0 Å². The van der Waals surface area contributed by atoms with Crippen molar-refractivity contribution in [3.63, 3.8) is 0 Å². The molecule has 5 nitrogen and oxygen atoms in total. The van der Waals surface area contributed by atoms with E-state index in [2.05, 4.69) is 21.2 Å². The molecule has 0 radical (unpaired) electrons. The molecule has 0 bridgehead atoms. The fourth-order valence-electron chi connectivity index (χ4n) is 2.56. The van der Waals surface area contributed by atoms with Gasteiger partial charge in [-0.15, -0.1) is 11.3 Å². The predicted molar refractivity (Wildman–Crippen MR) is 77.8 cm³/mol. The van der Waals surface area contributed by atoms with Crippen LogP contribution < -0.4 is 0 Å². The zero-order valence-corrected chi connectivity index (χ0v) is 12.4. The third-order valence-electron chi connectivity index (χ3n) is 3.66. The summed E-state index contributed by atoms with van der Waals surface area (Å²) in [5.74, 6) is 0.776. The van der Waals surface area contributed by atoms with Crippen molar-refractivity contribution in [3.8, 4) is 0 Å².